The standard InChI is InChI=1S/C11H16N2OS2/c1-7-10(8(2)14)16-11(12-7)13(3)9-4-5-15-6-9/h9H,4-6H2,1-3H3. The van der Waals surface area contributed by atoms with Gasteiger partial charge in [-0.15, -0.1) is 0 Å². The lowest BCUT2D eigenvalue weighted by molar-refractivity contribution is 0.102. The van der Waals surface area contributed by atoms with Crippen LogP contribution in [0.5, 0.6) is 0 Å². The first kappa shape index (κ1) is 11.9. The van der Waals surface area contributed by atoms with Crippen LogP contribution in [0.1, 0.15) is 28.7 Å². The summed E-state index contributed by atoms with van der Waals surface area (Å²) in [4.78, 5) is 18.9. The topological polar surface area (TPSA) is 33.2 Å². The van der Waals surface area contributed by atoms with E-state index in [1.54, 1.807) is 6.92 Å². The number of thioether (sulfide) groups is 1. The molecule has 0 amide bonds. The molecule has 5 heteroatoms. The molecule has 1 aromatic heterocycles. The first-order chi connectivity index (χ1) is 7.59. The van der Waals surface area contributed by atoms with Gasteiger partial charge >= 0.3 is 0 Å². The summed E-state index contributed by atoms with van der Waals surface area (Å²) in [5.74, 6) is 2.53. The molecule has 0 aliphatic carbocycles. The van der Waals surface area contributed by atoms with Crippen LogP contribution in [-0.4, -0.2) is 35.4 Å². The summed E-state index contributed by atoms with van der Waals surface area (Å²) in [5, 5.41) is 0.982. The van der Waals surface area contributed by atoms with Crippen molar-refractivity contribution in [2.75, 3.05) is 23.5 Å². The summed E-state index contributed by atoms with van der Waals surface area (Å²) < 4.78 is 0. The number of aryl methyl sites for hydroxylation is 1. The highest BCUT2D eigenvalue weighted by molar-refractivity contribution is 7.99. The second-order valence-electron chi connectivity index (χ2n) is 4.10. The van der Waals surface area contributed by atoms with Gasteiger partial charge in [0.1, 0.15) is 0 Å². The summed E-state index contributed by atoms with van der Waals surface area (Å²) in [6.07, 6.45) is 1.22. The first-order valence-corrected chi connectivity index (χ1v) is 7.35. The van der Waals surface area contributed by atoms with E-state index in [0.717, 1.165) is 15.7 Å². The van der Waals surface area contributed by atoms with E-state index < -0.39 is 0 Å². The van der Waals surface area contributed by atoms with E-state index in [-0.39, 0.29) is 5.78 Å². The molecule has 1 saturated heterocycles. The Morgan fingerprint density at radius 3 is 2.81 bits per heavy atom. The zero-order valence-corrected chi connectivity index (χ0v) is 11.5. The van der Waals surface area contributed by atoms with Crippen LogP contribution < -0.4 is 4.90 Å². The predicted molar refractivity (Wildman–Crippen MR) is 71.0 cm³/mol. The lowest BCUT2D eigenvalue weighted by Crippen LogP contribution is -2.31. The zero-order valence-electron chi connectivity index (χ0n) is 9.82. The largest absolute Gasteiger partial charge is 0.347 e. The average Bonchev–Trinajstić information content (AvgIpc) is 2.84. The van der Waals surface area contributed by atoms with Crippen LogP contribution in [0.4, 0.5) is 5.13 Å². The van der Waals surface area contributed by atoms with Gasteiger partial charge in [-0.05, 0) is 19.1 Å². The monoisotopic (exact) mass is 256 g/mol. The maximum Gasteiger partial charge on any atom is 0.186 e. The molecule has 1 aliphatic rings. The van der Waals surface area contributed by atoms with E-state index in [0.29, 0.717) is 6.04 Å². The highest BCUT2D eigenvalue weighted by atomic mass is 32.2. The molecule has 0 spiro atoms. The lowest BCUT2D eigenvalue weighted by Gasteiger charge is -2.22. The van der Waals surface area contributed by atoms with Gasteiger partial charge in [0.2, 0.25) is 0 Å². The molecule has 16 heavy (non-hydrogen) atoms. The molecule has 88 valence electrons. The third-order valence-electron chi connectivity index (χ3n) is 2.86. The molecule has 1 atom stereocenters. The number of hydrogen-bond acceptors (Lipinski definition) is 5. The van der Waals surface area contributed by atoms with Crippen molar-refractivity contribution >= 4 is 34.0 Å². The molecule has 2 rings (SSSR count). The summed E-state index contributed by atoms with van der Waals surface area (Å²) in [6.45, 7) is 3.52. The molecule has 1 unspecified atom stereocenters. The summed E-state index contributed by atoms with van der Waals surface area (Å²) in [5.41, 5.74) is 0.866. The van der Waals surface area contributed by atoms with Gasteiger partial charge in [-0.25, -0.2) is 4.98 Å². The van der Waals surface area contributed by atoms with Gasteiger partial charge in [0.15, 0.2) is 10.9 Å². The maximum atomic E-state index is 11.4. The van der Waals surface area contributed by atoms with Crippen molar-refractivity contribution in [3.8, 4) is 0 Å². The second kappa shape index (κ2) is 4.75. The van der Waals surface area contributed by atoms with Crippen molar-refractivity contribution in [3.63, 3.8) is 0 Å². The Hall–Kier alpha value is -0.550. The van der Waals surface area contributed by atoms with Gasteiger partial charge in [0.25, 0.3) is 0 Å². The Bertz CT molecular complexity index is 397. The number of thiazole rings is 1. The number of nitrogens with zero attached hydrogens (tertiary/aromatic N) is 2. The van der Waals surface area contributed by atoms with E-state index in [9.17, 15) is 4.79 Å². The minimum Gasteiger partial charge on any atom is -0.347 e. The van der Waals surface area contributed by atoms with Crippen LogP contribution >= 0.6 is 23.1 Å². The third kappa shape index (κ3) is 2.25. The zero-order chi connectivity index (χ0) is 11.7. The quantitative estimate of drug-likeness (QED) is 0.778. The summed E-state index contributed by atoms with van der Waals surface area (Å²) in [7, 11) is 2.08. The van der Waals surface area contributed by atoms with Gasteiger partial charge < -0.3 is 4.90 Å². The Balaban J connectivity index is 2.20. The molecule has 1 fully saturated rings. The van der Waals surface area contributed by atoms with Gasteiger partial charge in [-0.1, -0.05) is 11.3 Å². The third-order valence-corrected chi connectivity index (χ3v) is 5.35. The fraction of sp³-hybridized carbons (Fsp3) is 0.636. The second-order valence-corrected chi connectivity index (χ2v) is 6.22. The first-order valence-electron chi connectivity index (χ1n) is 5.38. The van der Waals surface area contributed by atoms with Gasteiger partial charge in [0, 0.05) is 25.8 Å². The average molecular weight is 256 g/mol. The highest BCUT2D eigenvalue weighted by Gasteiger charge is 2.23. The minimum absolute atomic E-state index is 0.121. The fourth-order valence-corrected chi connectivity index (χ4v) is 4.11. The highest BCUT2D eigenvalue weighted by Crippen LogP contribution is 2.30. The molecule has 0 saturated carbocycles. The molecule has 2 heterocycles. The van der Waals surface area contributed by atoms with E-state index in [1.807, 2.05) is 18.7 Å². The van der Waals surface area contributed by atoms with Crippen LogP contribution in [-0.2, 0) is 0 Å². The Labute approximate surface area is 104 Å². The SMILES string of the molecule is CC(=O)c1sc(N(C)C2CCSC2)nc1C. The van der Waals surface area contributed by atoms with Gasteiger partial charge in [0.05, 0.1) is 10.6 Å². The smallest absolute Gasteiger partial charge is 0.186 e. The number of rotatable bonds is 3. The molecular formula is C11H16N2OS2. The van der Waals surface area contributed by atoms with Crippen LogP contribution in [0.2, 0.25) is 0 Å². The Kier molecular flexibility index (Phi) is 3.54. The Morgan fingerprint density at radius 1 is 1.56 bits per heavy atom. The van der Waals surface area contributed by atoms with Crippen molar-refractivity contribution < 1.29 is 4.79 Å². The maximum absolute atomic E-state index is 11.4. The fourth-order valence-electron chi connectivity index (χ4n) is 1.84. The molecule has 1 aliphatic heterocycles. The lowest BCUT2D eigenvalue weighted by atomic mass is 10.2. The number of Topliss-reactive ketones (excluding diaryl/α,β-unsaturated/α-hetero) is 1. The number of hydrogen-bond donors (Lipinski definition) is 0. The number of carbonyl (C=O) groups excluding carboxylic acids is 1. The molecule has 0 aromatic carbocycles. The molecule has 1 aromatic rings. The molecule has 0 radical (unpaired) electrons. The van der Waals surface area contributed by atoms with Crippen LogP contribution in [0.25, 0.3) is 0 Å². The van der Waals surface area contributed by atoms with Crippen molar-refractivity contribution in [2.45, 2.75) is 26.3 Å². The Morgan fingerprint density at radius 2 is 2.31 bits per heavy atom. The summed E-state index contributed by atoms with van der Waals surface area (Å²) >= 11 is 3.51. The van der Waals surface area contributed by atoms with Crippen molar-refractivity contribution in [1.29, 1.82) is 0 Å². The predicted octanol–water partition coefficient (Wildman–Crippen LogP) is 2.60. The van der Waals surface area contributed by atoms with Crippen molar-refractivity contribution in [1.82, 2.24) is 4.98 Å². The van der Waals surface area contributed by atoms with E-state index in [2.05, 4.69) is 16.9 Å². The summed E-state index contributed by atoms with van der Waals surface area (Å²) in [6, 6.07) is 0.579. The van der Waals surface area contributed by atoms with Gasteiger partial charge in [-0.2, -0.15) is 11.8 Å². The van der Waals surface area contributed by atoms with Gasteiger partial charge in [-0.3, -0.25) is 4.79 Å². The van der Waals surface area contributed by atoms with E-state index in [1.165, 1.54) is 29.3 Å². The van der Waals surface area contributed by atoms with Crippen LogP contribution in [0, 0.1) is 6.92 Å². The number of anilines is 1. The van der Waals surface area contributed by atoms with E-state index >= 15 is 0 Å². The normalized spacial score (nSPS) is 20.1. The number of aromatic nitrogens is 1. The molecule has 3 nitrogen and oxygen atoms in total. The molecule has 0 N–H and O–H groups in total. The van der Waals surface area contributed by atoms with E-state index in [4.69, 9.17) is 0 Å². The van der Waals surface area contributed by atoms with Crippen LogP contribution in [0.3, 0.4) is 0 Å². The molecular weight excluding hydrogens is 240 g/mol. The van der Waals surface area contributed by atoms with Crippen molar-refractivity contribution in [3.05, 3.63) is 10.6 Å². The molecule has 0 bridgehead atoms. The van der Waals surface area contributed by atoms with Crippen LogP contribution in [0.15, 0.2) is 0 Å². The minimum atomic E-state index is 0.121. The van der Waals surface area contributed by atoms with Crippen molar-refractivity contribution in [2.24, 2.45) is 0 Å². The number of carbonyl (C=O) groups is 1. The number of ketones is 1.